The Hall–Kier alpha value is -2.25. The summed E-state index contributed by atoms with van der Waals surface area (Å²) in [5, 5.41) is 19.4. The first-order chi connectivity index (χ1) is 12.2. The minimum absolute atomic E-state index is 0.00640. The van der Waals surface area contributed by atoms with Gasteiger partial charge in [0.05, 0.1) is 18.6 Å². The fourth-order valence-corrected chi connectivity index (χ4v) is 2.29. The maximum atomic E-state index is 12.1. The number of aromatic hydroxyl groups is 1. The van der Waals surface area contributed by atoms with Gasteiger partial charge in [0, 0.05) is 13.0 Å². The van der Waals surface area contributed by atoms with Gasteiger partial charge in [0.25, 0.3) is 5.75 Å². The molecule has 0 unspecified atom stereocenters. The first kappa shape index (κ1) is 19.1. The highest BCUT2D eigenvalue weighted by Gasteiger charge is 2.19. The first-order valence-corrected chi connectivity index (χ1v) is 8.51. The van der Waals surface area contributed by atoms with Crippen molar-refractivity contribution in [2.24, 2.45) is 0 Å². The van der Waals surface area contributed by atoms with Crippen molar-refractivity contribution in [3.63, 3.8) is 0 Å². The number of aliphatic hydroxyl groups excluding tert-OH is 1. The van der Waals surface area contributed by atoms with Crippen LogP contribution in [0.4, 0.5) is 0 Å². The molecule has 0 spiro atoms. The molecule has 1 aromatic heterocycles. The van der Waals surface area contributed by atoms with Gasteiger partial charge in [0.15, 0.2) is 17.1 Å². The van der Waals surface area contributed by atoms with E-state index in [9.17, 15) is 9.90 Å². The van der Waals surface area contributed by atoms with Crippen LogP contribution in [0.2, 0.25) is 0 Å². The van der Waals surface area contributed by atoms with E-state index in [1.807, 2.05) is 0 Å². The van der Waals surface area contributed by atoms with Crippen LogP contribution in [-0.2, 0) is 4.89 Å². The molecule has 1 heterocycles. The lowest BCUT2D eigenvalue weighted by Gasteiger charge is -2.10. The van der Waals surface area contributed by atoms with Gasteiger partial charge in [0.2, 0.25) is 0 Å². The molecule has 0 atom stereocenters. The molecule has 0 aliphatic heterocycles. The zero-order valence-electron chi connectivity index (χ0n) is 14.3. The summed E-state index contributed by atoms with van der Waals surface area (Å²) in [7, 11) is 0. The predicted molar refractivity (Wildman–Crippen MR) is 92.1 cm³/mol. The second-order valence-electron chi connectivity index (χ2n) is 5.59. The predicted octanol–water partition coefficient (Wildman–Crippen LogP) is 3.15. The Kier molecular flexibility index (Phi) is 7.56. The van der Waals surface area contributed by atoms with E-state index in [0.29, 0.717) is 18.8 Å². The maximum Gasteiger partial charge on any atom is 0.387 e. The third-order valence-electron chi connectivity index (χ3n) is 3.61. The molecule has 0 amide bonds. The number of aliphatic hydroxyl groups is 1. The monoisotopic (exact) mass is 352 g/mol. The Labute approximate surface area is 145 Å². The van der Waals surface area contributed by atoms with Crippen LogP contribution in [0.1, 0.15) is 39.0 Å². The molecule has 25 heavy (non-hydrogen) atoms. The highest BCUT2D eigenvalue weighted by atomic mass is 17.2. The molecule has 0 saturated carbocycles. The van der Waals surface area contributed by atoms with Crippen LogP contribution < -0.4 is 15.3 Å². The van der Waals surface area contributed by atoms with Crippen molar-refractivity contribution >= 4 is 11.0 Å². The standard InChI is InChI=1S/C18H24O7/c1-2-3-4-5-12-23-25-17-15(20)13-8-6-9-14(22-11-7-10-19)16(13)24-18(17)21/h6,8-9,19-20H,2-5,7,10-12H2,1H3. The zero-order chi connectivity index (χ0) is 18.1. The van der Waals surface area contributed by atoms with Crippen molar-refractivity contribution in [1.82, 2.24) is 0 Å². The van der Waals surface area contributed by atoms with Crippen LogP contribution >= 0.6 is 0 Å². The number of benzene rings is 1. The van der Waals surface area contributed by atoms with Crippen molar-refractivity contribution in [3.8, 4) is 17.2 Å². The summed E-state index contributed by atoms with van der Waals surface area (Å²) >= 11 is 0. The van der Waals surface area contributed by atoms with Crippen LogP contribution in [0.15, 0.2) is 27.4 Å². The lowest BCUT2D eigenvalue weighted by Crippen LogP contribution is -2.09. The molecule has 1 aromatic carbocycles. The largest absolute Gasteiger partial charge is 0.503 e. The van der Waals surface area contributed by atoms with E-state index in [0.717, 1.165) is 25.7 Å². The molecule has 0 saturated heterocycles. The SMILES string of the molecule is CCCCCCOOc1c(O)c2cccc(OCCCO)c2oc1=O. The summed E-state index contributed by atoms with van der Waals surface area (Å²) in [6.45, 7) is 2.69. The van der Waals surface area contributed by atoms with E-state index in [1.165, 1.54) is 0 Å². The normalized spacial score (nSPS) is 11.0. The van der Waals surface area contributed by atoms with Gasteiger partial charge in [-0.2, -0.15) is 4.89 Å². The summed E-state index contributed by atoms with van der Waals surface area (Å²) in [6.07, 6.45) is 4.47. The lowest BCUT2D eigenvalue weighted by atomic mass is 10.2. The number of fused-ring (bicyclic) bond motifs is 1. The fourth-order valence-electron chi connectivity index (χ4n) is 2.29. The Morgan fingerprint density at radius 3 is 2.72 bits per heavy atom. The van der Waals surface area contributed by atoms with Crippen molar-refractivity contribution < 1.29 is 29.1 Å². The third-order valence-corrected chi connectivity index (χ3v) is 3.61. The Bertz CT molecular complexity index is 723. The first-order valence-electron chi connectivity index (χ1n) is 8.51. The molecule has 0 aliphatic carbocycles. The zero-order valence-corrected chi connectivity index (χ0v) is 14.3. The van der Waals surface area contributed by atoms with Gasteiger partial charge in [-0.1, -0.05) is 32.3 Å². The average molecular weight is 352 g/mol. The summed E-state index contributed by atoms with van der Waals surface area (Å²) < 4.78 is 10.7. The maximum absolute atomic E-state index is 12.1. The Morgan fingerprint density at radius 1 is 1.12 bits per heavy atom. The Balaban J connectivity index is 2.13. The number of rotatable bonds is 11. The second-order valence-corrected chi connectivity index (χ2v) is 5.59. The molecule has 2 rings (SSSR count). The van der Waals surface area contributed by atoms with Crippen LogP contribution in [-0.4, -0.2) is 30.0 Å². The van der Waals surface area contributed by atoms with Gasteiger partial charge >= 0.3 is 5.63 Å². The molecule has 7 nitrogen and oxygen atoms in total. The van der Waals surface area contributed by atoms with Crippen LogP contribution in [0.5, 0.6) is 17.2 Å². The summed E-state index contributed by atoms with van der Waals surface area (Å²) in [6, 6.07) is 4.86. The average Bonchev–Trinajstić information content (AvgIpc) is 2.61. The van der Waals surface area contributed by atoms with Gasteiger partial charge in [0.1, 0.15) is 0 Å². The van der Waals surface area contributed by atoms with Crippen LogP contribution in [0.25, 0.3) is 11.0 Å². The molecule has 0 radical (unpaired) electrons. The quantitative estimate of drug-likeness (QED) is 0.277. The fraction of sp³-hybridized carbons (Fsp3) is 0.500. The summed E-state index contributed by atoms with van der Waals surface area (Å²) in [4.78, 5) is 22.0. The number of para-hydroxylation sites is 1. The minimum Gasteiger partial charge on any atom is -0.503 e. The highest BCUT2D eigenvalue weighted by Crippen LogP contribution is 2.35. The van der Waals surface area contributed by atoms with E-state index in [1.54, 1.807) is 18.2 Å². The van der Waals surface area contributed by atoms with Crippen molar-refractivity contribution in [1.29, 1.82) is 0 Å². The molecule has 2 aromatic rings. The molecular formula is C18H24O7. The third kappa shape index (κ3) is 5.11. The number of unbranched alkanes of at least 4 members (excludes halogenated alkanes) is 3. The second kappa shape index (κ2) is 9.90. The molecule has 2 N–H and O–H groups in total. The molecule has 0 aliphatic rings. The van der Waals surface area contributed by atoms with Gasteiger partial charge in [-0.05, 0) is 18.6 Å². The smallest absolute Gasteiger partial charge is 0.387 e. The number of ether oxygens (including phenoxy) is 1. The summed E-state index contributed by atoms with van der Waals surface area (Å²) in [5.41, 5.74) is -0.727. The molecule has 138 valence electrons. The summed E-state index contributed by atoms with van der Waals surface area (Å²) in [5.74, 6) is -0.423. The van der Waals surface area contributed by atoms with Gasteiger partial charge in [-0.15, -0.1) is 0 Å². The van der Waals surface area contributed by atoms with Crippen LogP contribution in [0, 0.1) is 0 Å². The number of hydrogen-bond donors (Lipinski definition) is 2. The molecule has 7 heteroatoms. The van der Waals surface area contributed by atoms with Crippen molar-refractivity contribution in [2.75, 3.05) is 19.8 Å². The van der Waals surface area contributed by atoms with E-state index in [2.05, 4.69) is 6.92 Å². The van der Waals surface area contributed by atoms with Gasteiger partial charge in [-0.25, -0.2) is 4.79 Å². The van der Waals surface area contributed by atoms with Crippen molar-refractivity contribution in [2.45, 2.75) is 39.0 Å². The van der Waals surface area contributed by atoms with E-state index in [4.69, 9.17) is 24.0 Å². The molecule has 0 fully saturated rings. The number of hydrogen-bond acceptors (Lipinski definition) is 7. The Morgan fingerprint density at radius 2 is 1.96 bits per heavy atom. The van der Waals surface area contributed by atoms with Crippen LogP contribution in [0.3, 0.4) is 0 Å². The van der Waals surface area contributed by atoms with Gasteiger partial charge in [-0.3, -0.25) is 0 Å². The van der Waals surface area contributed by atoms with E-state index < -0.39 is 5.63 Å². The van der Waals surface area contributed by atoms with Crippen molar-refractivity contribution in [3.05, 3.63) is 28.6 Å². The van der Waals surface area contributed by atoms with Gasteiger partial charge < -0.3 is 24.3 Å². The minimum atomic E-state index is -0.850. The van der Waals surface area contributed by atoms with E-state index in [-0.39, 0.29) is 35.7 Å². The molecular weight excluding hydrogens is 328 g/mol. The lowest BCUT2D eigenvalue weighted by molar-refractivity contribution is -0.210. The molecule has 0 bridgehead atoms. The topological polar surface area (TPSA) is 98.4 Å². The van der Waals surface area contributed by atoms with E-state index >= 15 is 0 Å². The highest BCUT2D eigenvalue weighted by molar-refractivity contribution is 5.89.